The molecule has 2 heterocycles. The number of carbonyl (C=O) groups excluding carboxylic acids is 1. The molecule has 4 aliphatic rings. The van der Waals surface area contributed by atoms with Crippen LogP contribution in [0.25, 0.3) is 0 Å². The summed E-state index contributed by atoms with van der Waals surface area (Å²) in [5, 5.41) is 10.6. The average molecular weight is 334 g/mol. The number of hydrogen-bond donors (Lipinski definition) is 1. The van der Waals surface area contributed by atoms with Gasteiger partial charge < -0.3 is 14.7 Å². The lowest BCUT2D eigenvalue weighted by atomic mass is 9.89. The normalized spacial score (nSPS) is 39.5. The Balaban J connectivity index is 1.37. The predicted octanol–water partition coefficient (Wildman–Crippen LogP) is 2.60. The van der Waals surface area contributed by atoms with Gasteiger partial charge in [0, 0.05) is 25.2 Å². The number of allylic oxidation sites excluding steroid dienone is 1. The fourth-order valence-corrected chi connectivity index (χ4v) is 4.95. The fourth-order valence-electron chi connectivity index (χ4n) is 4.95. The molecule has 5 atom stereocenters. The number of hydrogen-bond acceptors (Lipinski definition) is 4. The van der Waals surface area contributed by atoms with Gasteiger partial charge in [-0.1, -0.05) is 12.2 Å². The molecule has 0 bridgehead atoms. The first-order valence-electron chi connectivity index (χ1n) is 9.45. The highest BCUT2D eigenvalue weighted by molar-refractivity contribution is 5.68. The van der Waals surface area contributed by atoms with E-state index in [1.807, 2.05) is 25.7 Å². The summed E-state index contributed by atoms with van der Waals surface area (Å²) in [5.74, 6) is 2.02. The van der Waals surface area contributed by atoms with Gasteiger partial charge in [-0.05, 0) is 64.2 Å². The van der Waals surface area contributed by atoms with Crippen molar-refractivity contribution in [3.8, 4) is 0 Å². The molecule has 4 rings (SSSR count). The Bertz CT molecular complexity index is 533. The van der Waals surface area contributed by atoms with Crippen molar-refractivity contribution in [2.45, 2.75) is 70.4 Å². The second-order valence-corrected chi connectivity index (χ2v) is 8.96. The molecule has 134 valence electrons. The quantitative estimate of drug-likeness (QED) is 0.749. The summed E-state index contributed by atoms with van der Waals surface area (Å²) in [6.07, 6.45) is 8.21. The van der Waals surface area contributed by atoms with Gasteiger partial charge in [0.2, 0.25) is 0 Å². The molecule has 5 nitrogen and oxygen atoms in total. The molecule has 2 saturated heterocycles. The van der Waals surface area contributed by atoms with E-state index in [2.05, 4.69) is 17.1 Å². The molecule has 2 aliphatic carbocycles. The van der Waals surface area contributed by atoms with Gasteiger partial charge in [-0.15, -0.1) is 0 Å². The Hall–Kier alpha value is -1.07. The van der Waals surface area contributed by atoms with Crippen LogP contribution < -0.4 is 0 Å². The van der Waals surface area contributed by atoms with Gasteiger partial charge in [0.1, 0.15) is 11.8 Å². The Morgan fingerprint density at radius 2 is 1.79 bits per heavy atom. The third-order valence-electron chi connectivity index (χ3n) is 6.08. The third-order valence-corrected chi connectivity index (χ3v) is 6.08. The summed E-state index contributed by atoms with van der Waals surface area (Å²) in [7, 11) is 0. The highest BCUT2D eigenvalue weighted by atomic mass is 16.6. The lowest BCUT2D eigenvalue weighted by Crippen LogP contribution is -2.52. The van der Waals surface area contributed by atoms with Crippen molar-refractivity contribution in [1.82, 2.24) is 9.80 Å². The van der Waals surface area contributed by atoms with Crippen LogP contribution in [0.4, 0.5) is 4.79 Å². The number of likely N-dealkylation sites (tertiary alicyclic amines) is 2. The van der Waals surface area contributed by atoms with Crippen molar-refractivity contribution in [3.63, 3.8) is 0 Å². The van der Waals surface area contributed by atoms with Crippen LogP contribution in [0.5, 0.6) is 0 Å². The number of rotatable bonds is 1. The molecule has 1 saturated carbocycles. The first-order chi connectivity index (χ1) is 11.3. The van der Waals surface area contributed by atoms with Crippen LogP contribution in [0, 0.1) is 17.8 Å². The average Bonchev–Trinajstić information content (AvgIpc) is 3.21. The molecule has 24 heavy (non-hydrogen) atoms. The monoisotopic (exact) mass is 334 g/mol. The molecule has 0 spiro atoms. The van der Waals surface area contributed by atoms with Gasteiger partial charge in [-0.3, -0.25) is 4.90 Å². The summed E-state index contributed by atoms with van der Waals surface area (Å²) in [5.41, 5.74) is -0.443. The molecule has 4 unspecified atom stereocenters. The third kappa shape index (κ3) is 2.97. The van der Waals surface area contributed by atoms with Crippen molar-refractivity contribution in [1.29, 1.82) is 0 Å². The van der Waals surface area contributed by atoms with Crippen LogP contribution in [0.3, 0.4) is 0 Å². The molecular weight excluding hydrogens is 304 g/mol. The molecule has 0 aromatic carbocycles. The van der Waals surface area contributed by atoms with Gasteiger partial charge in [0.25, 0.3) is 0 Å². The van der Waals surface area contributed by atoms with Crippen LogP contribution in [-0.2, 0) is 4.74 Å². The maximum absolute atomic E-state index is 12.2. The molecule has 1 amide bonds. The summed E-state index contributed by atoms with van der Waals surface area (Å²) >= 11 is 0. The van der Waals surface area contributed by atoms with Crippen LogP contribution in [-0.4, -0.2) is 58.0 Å². The summed E-state index contributed by atoms with van der Waals surface area (Å²) < 4.78 is 5.48. The van der Waals surface area contributed by atoms with Crippen molar-refractivity contribution in [3.05, 3.63) is 12.2 Å². The van der Waals surface area contributed by atoms with E-state index in [1.54, 1.807) is 0 Å². The van der Waals surface area contributed by atoms with Crippen LogP contribution in [0.1, 0.15) is 46.5 Å². The van der Waals surface area contributed by atoms with Gasteiger partial charge in [-0.2, -0.15) is 0 Å². The number of nitrogens with zero attached hydrogens (tertiary/aromatic N) is 2. The zero-order valence-electron chi connectivity index (χ0n) is 15.0. The molecule has 3 fully saturated rings. The summed E-state index contributed by atoms with van der Waals surface area (Å²) in [4.78, 5) is 16.4. The number of piperidine rings is 1. The summed E-state index contributed by atoms with van der Waals surface area (Å²) in [6, 6.07) is 0.912. The first kappa shape index (κ1) is 16.4. The fraction of sp³-hybridized carbons (Fsp3) is 0.842. The predicted molar refractivity (Wildman–Crippen MR) is 91.3 cm³/mol. The minimum Gasteiger partial charge on any atom is -0.444 e. The Labute approximate surface area is 144 Å². The standard InChI is InChI=1S/C19H30N2O3/c1-19(2,3)24-18(23)20-8-6-14(7-9-20)21-16(22)11-13-5-4-12-10-15(12)17(13)21/h4-5,12-17,22H,6-11H2,1-3H3/t12-,13?,15?,16?,17?/m1/s1. The number of aliphatic hydroxyl groups is 1. The van der Waals surface area contributed by atoms with E-state index in [4.69, 9.17) is 4.74 Å². The van der Waals surface area contributed by atoms with E-state index in [1.165, 1.54) is 6.42 Å². The van der Waals surface area contributed by atoms with E-state index in [9.17, 15) is 9.90 Å². The number of carbonyl (C=O) groups is 1. The Morgan fingerprint density at radius 3 is 2.46 bits per heavy atom. The van der Waals surface area contributed by atoms with E-state index in [0.717, 1.165) is 44.2 Å². The zero-order valence-corrected chi connectivity index (χ0v) is 15.0. The topological polar surface area (TPSA) is 53.0 Å². The molecule has 2 aliphatic heterocycles. The van der Waals surface area contributed by atoms with E-state index in [-0.39, 0.29) is 12.3 Å². The molecule has 1 N–H and O–H groups in total. The highest BCUT2D eigenvalue weighted by Gasteiger charge is 2.55. The van der Waals surface area contributed by atoms with E-state index >= 15 is 0 Å². The Morgan fingerprint density at radius 1 is 1.12 bits per heavy atom. The maximum atomic E-state index is 12.2. The minimum absolute atomic E-state index is 0.205. The zero-order chi connectivity index (χ0) is 17.1. The van der Waals surface area contributed by atoms with Crippen LogP contribution in [0.15, 0.2) is 12.2 Å². The smallest absolute Gasteiger partial charge is 0.410 e. The molecule has 0 radical (unpaired) electrons. The minimum atomic E-state index is -0.443. The van der Waals surface area contributed by atoms with Crippen molar-refractivity contribution >= 4 is 6.09 Å². The van der Waals surface area contributed by atoms with E-state index < -0.39 is 5.60 Å². The maximum Gasteiger partial charge on any atom is 0.410 e. The number of fused-ring (bicyclic) bond motifs is 3. The molecular formula is C19H30N2O3. The second kappa shape index (κ2) is 5.73. The van der Waals surface area contributed by atoms with Crippen LogP contribution >= 0.6 is 0 Å². The summed E-state index contributed by atoms with van der Waals surface area (Å²) in [6.45, 7) is 7.16. The second-order valence-electron chi connectivity index (χ2n) is 8.96. The highest BCUT2D eigenvalue weighted by Crippen LogP contribution is 2.54. The number of amides is 1. The van der Waals surface area contributed by atoms with E-state index in [0.29, 0.717) is 18.0 Å². The van der Waals surface area contributed by atoms with Crippen molar-refractivity contribution in [2.75, 3.05) is 13.1 Å². The number of aliphatic hydroxyl groups excluding tert-OH is 1. The van der Waals surface area contributed by atoms with Gasteiger partial charge in [0.05, 0.1) is 0 Å². The van der Waals surface area contributed by atoms with Gasteiger partial charge in [-0.25, -0.2) is 4.79 Å². The molecule has 5 heteroatoms. The molecule has 0 aromatic rings. The lowest BCUT2D eigenvalue weighted by molar-refractivity contribution is -0.0406. The van der Waals surface area contributed by atoms with Gasteiger partial charge in [0.15, 0.2) is 0 Å². The van der Waals surface area contributed by atoms with Crippen molar-refractivity contribution < 1.29 is 14.6 Å². The largest absolute Gasteiger partial charge is 0.444 e. The Kier molecular flexibility index (Phi) is 3.92. The number of ether oxygens (including phenoxy) is 1. The SMILES string of the molecule is CC(C)(C)OC(=O)N1CCC(N2C(O)CC3C=C[C@@H]4CC4C32)CC1. The van der Waals surface area contributed by atoms with Gasteiger partial charge >= 0.3 is 6.09 Å². The molecule has 0 aromatic heterocycles. The first-order valence-corrected chi connectivity index (χ1v) is 9.45. The van der Waals surface area contributed by atoms with Crippen molar-refractivity contribution in [2.24, 2.45) is 17.8 Å². The van der Waals surface area contributed by atoms with Crippen LogP contribution in [0.2, 0.25) is 0 Å². The lowest BCUT2D eigenvalue weighted by Gasteiger charge is -2.42.